The van der Waals surface area contributed by atoms with Crippen LogP contribution in [0.15, 0.2) is 18.2 Å². The van der Waals surface area contributed by atoms with Gasteiger partial charge >= 0.3 is 5.97 Å². The molecule has 0 aromatic heterocycles. The van der Waals surface area contributed by atoms with Crippen LogP contribution < -0.4 is 0 Å². The second kappa shape index (κ2) is 3.56. The smallest absolute Gasteiger partial charge is 0.310 e. The Kier molecular flexibility index (Phi) is 2.66. The lowest BCUT2D eigenvalue weighted by Gasteiger charge is -2.08. The average molecular weight is 182 g/mol. The normalized spacial score (nSPS) is 12.5. The molecule has 1 rings (SSSR count). The molecule has 3 heteroatoms. The molecule has 0 aliphatic heterocycles. The molecule has 0 unspecified atom stereocenters. The summed E-state index contributed by atoms with van der Waals surface area (Å²) in [7, 11) is 0. The Morgan fingerprint density at radius 2 is 2.15 bits per heavy atom. The van der Waals surface area contributed by atoms with E-state index in [1.165, 1.54) is 13.0 Å². The van der Waals surface area contributed by atoms with Gasteiger partial charge in [-0.05, 0) is 19.9 Å². The van der Waals surface area contributed by atoms with Crippen molar-refractivity contribution in [2.24, 2.45) is 0 Å². The molecule has 2 nitrogen and oxygen atoms in total. The van der Waals surface area contributed by atoms with Crippen molar-refractivity contribution in [2.75, 3.05) is 0 Å². The molecule has 0 bridgehead atoms. The maximum absolute atomic E-state index is 13.1. The fraction of sp³-hybridized carbons (Fsp3) is 0.300. The highest BCUT2D eigenvalue weighted by Gasteiger charge is 2.17. The van der Waals surface area contributed by atoms with Gasteiger partial charge in [0.2, 0.25) is 0 Å². The van der Waals surface area contributed by atoms with E-state index in [0.717, 1.165) is 5.56 Å². The molecule has 1 N–H and O–H groups in total. The molecule has 0 saturated heterocycles. The van der Waals surface area contributed by atoms with Gasteiger partial charge in [0.1, 0.15) is 5.82 Å². The highest BCUT2D eigenvalue weighted by molar-refractivity contribution is 5.75. The van der Waals surface area contributed by atoms with Crippen LogP contribution in [0.3, 0.4) is 0 Å². The fourth-order valence-corrected chi connectivity index (χ4v) is 1.13. The van der Waals surface area contributed by atoms with Crippen LogP contribution in [-0.4, -0.2) is 11.1 Å². The Hall–Kier alpha value is -1.38. The number of rotatable bonds is 2. The summed E-state index contributed by atoms with van der Waals surface area (Å²) >= 11 is 0. The van der Waals surface area contributed by atoms with Gasteiger partial charge in [-0.2, -0.15) is 0 Å². The van der Waals surface area contributed by atoms with Gasteiger partial charge in [0.25, 0.3) is 0 Å². The van der Waals surface area contributed by atoms with Gasteiger partial charge in [0.05, 0.1) is 5.92 Å². The molecular formula is C10H11FO2. The standard InChI is InChI=1S/C10H11FO2/c1-6-3-4-9(11)8(5-6)7(2)10(12)13/h3-5,7H,1-2H3,(H,12,13)/t7-/m0/s1. The van der Waals surface area contributed by atoms with Crippen LogP contribution in [-0.2, 0) is 4.79 Å². The van der Waals surface area contributed by atoms with Crippen LogP contribution in [0.5, 0.6) is 0 Å². The van der Waals surface area contributed by atoms with E-state index in [-0.39, 0.29) is 5.56 Å². The molecule has 0 aliphatic carbocycles. The minimum atomic E-state index is -1.01. The summed E-state index contributed by atoms with van der Waals surface area (Å²) in [4.78, 5) is 10.6. The maximum Gasteiger partial charge on any atom is 0.310 e. The number of carboxylic acids is 1. The molecule has 13 heavy (non-hydrogen) atoms. The zero-order valence-corrected chi connectivity index (χ0v) is 7.54. The van der Waals surface area contributed by atoms with Crippen LogP contribution in [0.1, 0.15) is 24.0 Å². The predicted octanol–water partition coefficient (Wildman–Crippen LogP) is 2.32. The van der Waals surface area contributed by atoms with Crippen LogP contribution in [0, 0.1) is 12.7 Å². The van der Waals surface area contributed by atoms with Crippen molar-refractivity contribution in [3.05, 3.63) is 35.1 Å². The number of halogens is 1. The second-order valence-electron chi connectivity index (χ2n) is 3.08. The van der Waals surface area contributed by atoms with Crippen molar-refractivity contribution >= 4 is 5.97 Å². The Bertz CT molecular complexity index is 334. The van der Waals surface area contributed by atoms with Gasteiger partial charge < -0.3 is 5.11 Å². The Balaban J connectivity index is 3.12. The van der Waals surface area contributed by atoms with Crippen LogP contribution in [0.25, 0.3) is 0 Å². The lowest BCUT2D eigenvalue weighted by molar-refractivity contribution is -0.138. The van der Waals surface area contributed by atoms with Crippen LogP contribution in [0.4, 0.5) is 4.39 Å². The summed E-state index contributed by atoms with van der Waals surface area (Å²) in [6.45, 7) is 3.28. The highest BCUT2D eigenvalue weighted by atomic mass is 19.1. The first-order valence-corrected chi connectivity index (χ1v) is 4.01. The molecule has 0 heterocycles. The number of carboxylic acid groups (broad SMARTS) is 1. The van der Waals surface area contributed by atoms with E-state index in [0.29, 0.717) is 0 Å². The lowest BCUT2D eigenvalue weighted by atomic mass is 9.99. The largest absolute Gasteiger partial charge is 0.481 e. The maximum atomic E-state index is 13.1. The molecule has 0 radical (unpaired) electrons. The first-order valence-electron chi connectivity index (χ1n) is 4.01. The van der Waals surface area contributed by atoms with Crippen molar-refractivity contribution in [1.82, 2.24) is 0 Å². The Morgan fingerprint density at radius 1 is 1.54 bits per heavy atom. The average Bonchev–Trinajstić information content (AvgIpc) is 2.08. The SMILES string of the molecule is Cc1ccc(F)c([C@H](C)C(=O)O)c1. The van der Waals surface area contributed by atoms with Crippen LogP contribution in [0.2, 0.25) is 0 Å². The third-order valence-electron chi connectivity index (χ3n) is 1.99. The van der Waals surface area contributed by atoms with E-state index >= 15 is 0 Å². The number of benzene rings is 1. The molecule has 1 aromatic carbocycles. The lowest BCUT2D eigenvalue weighted by Crippen LogP contribution is -2.09. The van der Waals surface area contributed by atoms with E-state index in [2.05, 4.69) is 0 Å². The fourth-order valence-electron chi connectivity index (χ4n) is 1.13. The van der Waals surface area contributed by atoms with Crippen molar-refractivity contribution in [2.45, 2.75) is 19.8 Å². The molecule has 0 spiro atoms. The third-order valence-corrected chi connectivity index (χ3v) is 1.99. The Labute approximate surface area is 76.0 Å². The molecule has 1 atom stereocenters. The van der Waals surface area contributed by atoms with Crippen molar-refractivity contribution in [3.63, 3.8) is 0 Å². The molecular weight excluding hydrogens is 171 g/mol. The molecule has 0 saturated carbocycles. The van der Waals surface area contributed by atoms with Gasteiger partial charge in [0, 0.05) is 5.56 Å². The summed E-state index contributed by atoms with van der Waals surface area (Å²) in [5, 5.41) is 8.68. The molecule has 0 amide bonds. The molecule has 1 aromatic rings. The highest BCUT2D eigenvalue weighted by Crippen LogP contribution is 2.20. The molecule has 70 valence electrons. The summed E-state index contributed by atoms with van der Waals surface area (Å²) in [6.07, 6.45) is 0. The van der Waals surface area contributed by atoms with Gasteiger partial charge in [-0.15, -0.1) is 0 Å². The molecule has 0 fully saturated rings. The van der Waals surface area contributed by atoms with E-state index in [9.17, 15) is 9.18 Å². The van der Waals surface area contributed by atoms with Gasteiger partial charge in [-0.3, -0.25) is 4.79 Å². The first-order chi connectivity index (χ1) is 6.02. The third kappa shape index (κ3) is 2.05. The summed E-state index contributed by atoms with van der Waals surface area (Å²) < 4.78 is 13.1. The minimum absolute atomic E-state index is 0.243. The monoisotopic (exact) mass is 182 g/mol. The number of aryl methyl sites for hydroxylation is 1. The quantitative estimate of drug-likeness (QED) is 0.762. The number of hydrogen-bond acceptors (Lipinski definition) is 1. The van der Waals surface area contributed by atoms with E-state index < -0.39 is 17.7 Å². The zero-order valence-electron chi connectivity index (χ0n) is 7.54. The van der Waals surface area contributed by atoms with Crippen molar-refractivity contribution in [3.8, 4) is 0 Å². The second-order valence-corrected chi connectivity index (χ2v) is 3.08. The van der Waals surface area contributed by atoms with Gasteiger partial charge in [-0.1, -0.05) is 17.7 Å². The number of hydrogen-bond donors (Lipinski definition) is 1. The van der Waals surface area contributed by atoms with Gasteiger partial charge in [-0.25, -0.2) is 4.39 Å². The molecule has 0 aliphatic rings. The number of carbonyl (C=O) groups is 1. The van der Waals surface area contributed by atoms with Crippen molar-refractivity contribution < 1.29 is 14.3 Å². The summed E-state index contributed by atoms with van der Waals surface area (Å²) in [6, 6.07) is 4.48. The van der Waals surface area contributed by atoms with Crippen molar-refractivity contribution in [1.29, 1.82) is 0 Å². The topological polar surface area (TPSA) is 37.3 Å². The summed E-state index contributed by atoms with van der Waals surface area (Å²) in [5.74, 6) is -2.26. The van der Waals surface area contributed by atoms with Gasteiger partial charge in [0.15, 0.2) is 0 Å². The first kappa shape index (κ1) is 9.71. The Morgan fingerprint density at radius 3 is 2.69 bits per heavy atom. The van der Waals surface area contributed by atoms with Crippen LogP contribution >= 0.6 is 0 Å². The zero-order chi connectivity index (χ0) is 10.0. The van der Waals surface area contributed by atoms with E-state index in [1.54, 1.807) is 19.1 Å². The van der Waals surface area contributed by atoms with E-state index in [4.69, 9.17) is 5.11 Å². The number of aliphatic carboxylic acids is 1. The summed E-state index contributed by atoms with van der Waals surface area (Å²) in [5.41, 5.74) is 1.11. The minimum Gasteiger partial charge on any atom is -0.481 e. The van der Waals surface area contributed by atoms with E-state index in [1.807, 2.05) is 0 Å². The predicted molar refractivity (Wildman–Crippen MR) is 47.2 cm³/mol.